The van der Waals surface area contributed by atoms with E-state index in [4.69, 9.17) is 10.1 Å². The van der Waals surface area contributed by atoms with Crippen LogP contribution in [0, 0.1) is 6.92 Å². The molecule has 2 fully saturated rings. The molecule has 180 valence electrons. The summed E-state index contributed by atoms with van der Waals surface area (Å²) in [5.41, 5.74) is 7.75. The van der Waals surface area contributed by atoms with Gasteiger partial charge in [0.05, 0.1) is 23.0 Å². The maximum atomic E-state index is 11.9. The first-order valence-corrected chi connectivity index (χ1v) is 12.3. The van der Waals surface area contributed by atoms with Crippen LogP contribution in [0.1, 0.15) is 42.9 Å². The number of hydrogen-bond donors (Lipinski definition) is 2. The van der Waals surface area contributed by atoms with Crippen LogP contribution in [0.3, 0.4) is 0 Å². The van der Waals surface area contributed by atoms with Crippen molar-refractivity contribution in [3.63, 3.8) is 0 Å². The molecular weight excluding hydrogens is 454 g/mol. The molecule has 0 spiro atoms. The third-order valence-corrected chi connectivity index (χ3v) is 7.92. The average molecular weight is 480 g/mol. The third-order valence-electron chi connectivity index (χ3n) is 7.92. The summed E-state index contributed by atoms with van der Waals surface area (Å²) in [5, 5.41) is 23.3. The first-order chi connectivity index (χ1) is 17.6. The minimum Gasteiger partial charge on any atom is -0.465 e. The summed E-state index contributed by atoms with van der Waals surface area (Å²) in [6, 6.07) is 10.2. The minimum atomic E-state index is -0.799. The Bertz CT molecular complexity index is 1610. The molecular formula is C27H25N7O2. The van der Waals surface area contributed by atoms with E-state index in [2.05, 4.69) is 28.2 Å². The van der Waals surface area contributed by atoms with Gasteiger partial charge < -0.3 is 10.0 Å². The van der Waals surface area contributed by atoms with Gasteiger partial charge >= 0.3 is 6.09 Å². The number of amides is 1. The number of rotatable bonds is 3. The van der Waals surface area contributed by atoms with Crippen LogP contribution in [-0.4, -0.2) is 58.0 Å². The van der Waals surface area contributed by atoms with Crippen molar-refractivity contribution < 1.29 is 9.90 Å². The standard InChI is InChI=1S/C27H25N7O2/c1-15-13-29-26-23(20-3-2-4-22-21(20)14-30-31-22)24(16-7-9-28-10-8-16)32-34(26)25(15)17-11-18-5-6-19(12-17)33(18)27(35)36/h2-4,7-10,13-14,17-19H,5-6,11-12H2,1H3,(H,30,31)(H,35,36). The number of H-pyrrole nitrogens is 1. The molecule has 2 atom stereocenters. The van der Waals surface area contributed by atoms with E-state index < -0.39 is 6.09 Å². The van der Waals surface area contributed by atoms with Gasteiger partial charge in [0.15, 0.2) is 5.65 Å². The number of piperidine rings is 1. The van der Waals surface area contributed by atoms with Crippen LogP contribution in [0.2, 0.25) is 0 Å². The fourth-order valence-electron chi connectivity index (χ4n) is 6.44. The summed E-state index contributed by atoms with van der Waals surface area (Å²) < 4.78 is 2.01. The molecule has 7 rings (SSSR count). The van der Waals surface area contributed by atoms with Crippen LogP contribution in [0.15, 0.2) is 55.1 Å². The van der Waals surface area contributed by atoms with Gasteiger partial charge in [0.1, 0.15) is 5.69 Å². The minimum absolute atomic E-state index is 0.0586. The molecule has 0 aliphatic carbocycles. The molecule has 6 heterocycles. The highest BCUT2D eigenvalue weighted by atomic mass is 16.4. The SMILES string of the molecule is Cc1cnc2c(-c3cccc4[nH]ncc34)c(-c3ccncc3)nn2c1C1CC2CCC(C1)N2C(=O)O. The molecule has 36 heavy (non-hydrogen) atoms. The molecule has 9 nitrogen and oxygen atoms in total. The molecule has 4 aromatic heterocycles. The van der Waals surface area contributed by atoms with E-state index >= 15 is 0 Å². The van der Waals surface area contributed by atoms with Gasteiger partial charge in [0.25, 0.3) is 0 Å². The largest absolute Gasteiger partial charge is 0.465 e. The van der Waals surface area contributed by atoms with Crippen molar-refractivity contribution >= 4 is 22.6 Å². The van der Waals surface area contributed by atoms with Crippen molar-refractivity contribution in [1.29, 1.82) is 0 Å². The van der Waals surface area contributed by atoms with Crippen molar-refractivity contribution in [2.75, 3.05) is 0 Å². The van der Waals surface area contributed by atoms with Gasteiger partial charge in [-0.15, -0.1) is 0 Å². The summed E-state index contributed by atoms with van der Waals surface area (Å²) in [7, 11) is 0. The lowest BCUT2D eigenvalue weighted by molar-refractivity contribution is 0.0957. The summed E-state index contributed by atoms with van der Waals surface area (Å²) >= 11 is 0. The predicted molar refractivity (Wildman–Crippen MR) is 135 cm³/mol. The van der Waals surface area contributed by atoms with Crippen LogP contribution in [0.4, 0.5) is 4.79 Å². The van der Waals surface area contributed by atoms with Gasteiger partial charge in [0, 0.05) is 47.5 Å². The zero-order chi connectivity index (χ0) is 24.4. The number of carbonyl (C=O) groups is 1. The van der Waals surface area contributed by atoms with E-state index in [9.17, 15) is 9.90 Å². The number of carboxylic acid groups (broad SMARTS) is 1. The highest BCUT2D eigenvalue weighted by Crippen LogP contribution is 2.45. The number of fused-ring (bicyclic) bond motifs is 4. The van der Waals surface area contributed by atoms with E-state index in [0.717, 1.165) is 75.9 Å². The molecule has 2 aliphatic rings. The molecule has 2 saturated heterocycles. The fourth-order valence-corrected chi connectivity index (χ4v) is 6.44. The Labute approximate surface area is 206 Å². The number of hydrogen-bond acceptors (Lipinski definition) is 5. The number of nitrogens with zero attached hydrogens (tertiary/aromatic N) is 6. The van der Waals surface area contributed by atoms with Crippen molar-refractivity contribution in [3.05, 3.63) is 66.4 Å². The maximum Gasteiger partial charge on any atom is 0.407 e. The Hall–Kier alpha value is -4.27. The lowest BCUT2D eigenvalue weighted by atomic mass is 9.86. The summed E-state index contributed by atoms with van der Waals surface area (Å²) in [6.07, 6.45) is 10.0. The van der Waals surface area contributed by atoms with Crippen LogP contribution in [0.5, 0.6) is 0 Å². The molecule has 2 N–H and O–H groups in total. The Balaban J connectivity index is 1.46. The van der Waals surface area contributed by atoms with E-state index in [0.29, 0.717) is 0 Å². The number of aromatic amines is 1. The first kappa shape index (κ1) is 21.0. The van der Waals surface area contributed by atoms with Crippen molar-refractivity contribution in [1.82, 2.24) is 34.7 Å². The molecule has 2 aliphatic heterocycles. The number of nitrogens with one attached hydrogen (secondary N) is 1. The molecule has 2 unspecified atom stereocenters. The smallest absolute Gasteiger partial charge is 0.407 e. The van der Waals surface area contributed by atoms with Gasteiger partial charge in [-0.3, -0.25) is 10.1 Å². The van der Waals surface area contributed by atoms with E-state index in [1.165, 1.54) is 0 Å². The monoisotopic (exact) mass is 479 g/mol. The molecule has 1 aromatic carbocycles. The number of benzene rings is 1. The van der Waals surface area contributed by atoms with Crippen molar-refractivity contribution in [3.8, 4) is 22.4 Å². The maximum absolute atomic E-state index is 11.9. The van der Waals surface area contributed by atoms with E-state index in [1.807, 2.05) is 41.2 Å². The predicted octanol–water partition coefficient (Wildman–Crippen LogP) is 5.03. The first-order valence-electron chi connectivity index (χ1n) is 12.3. The van der Waals surface area contributed by atoms with Crippen LogP contribution in [0.25, 0.3) is 38.9 Å². The van der Waals surface area contributed by atoms with Crippen LogP contribution < -0.4 is 0 Å². The second kappa shape index (κ2) is 7.87. The van der Waals surface area contributed by atoms with E-state index in [-0.39, 0.29) is 18.0 Å². The highest BCUT2D eigenvalue weighted by molar-refractivity contribution is 6.02. The Morgan fingerprint density at radius 1 is 1.08 bits per heavy atom. The normalized spacial score (nSPS) is 21.5. The van der Waals surface area contributed by atoms with Crippen LogP contribution >= 0.6 is 0 Å². The van der Waals surface area contributed by atoms with Gasteiger partial charge in [0.2, 0.25) is 0 Å². The Morgan fingerprint density at radius 2 is 1.86 bits per heavy atom. The third kappa shape index (κ3) is 3.05. The molecule has 0 radical (unpaired) electrons. The number of aromatic nitrogens is 6. The van der Waals surface area contributed by atoms with Crippen molar-refractivity contribution in [2.24, 2.45) is 0 Å². The highest BCUT2D eigenvalue weighted by Gasteiger charge is 2.44. The fraction of sp³-hybridized carbons (Fsp3) is 0.296. The second-order valence-corrected chi connectivity index (χ2v) is 9.90. The van der Waals surface area contributed by atoms with Gasteiger partial charge in [-0.1, -0.05) is 12.1 Å². The Kier molecular flexibility index (Phi) is 4.60. The molecule has 9 heteroatoms. The Morgan fingerprint density at radius 3 is 2.61 bits per heavy atom. The van der Waals surface area contributed by atoms with Gasteiger partial charge in [-0.25, -0.2) is 14.3 Å². The lowest BCUT2D eigenvalue weighted by Gasteiger charge is -2.37. The second-order valence-electron chi connectivity index (χ2n) is 9.90. The summed E-state index contributed by atoms with van der Waals surface area (Å²) in [5.74, 6) is 0.214. The molecule has 2 bridgehead atoms. The average Bonchev–Trinajstić information content (AvgIpc) is 3.58. The van der Waals surface area contributed by atoms with Gasteiger partial charge in [-0.2, -0.15) is 10.2 Å². The van der Waals surface area contributed by atoms with Gasteiger partial charge in [-0.05, 0) is 61.9 Å². The summed E-state index contributed by atoms with van der Waals surface area (Å²) in [6.45, 7) is 2.08. The number of pyridine rings is 1. The molecule has 0 saturated carbocycles. The number of aryl methyl sites for hydroxylation is 1. The molecule has 5 aromatic rings. The zero-order valence-corrected chi connectivity index (χ0v) is 19.8. The zero-order valence-electron chi connectivity index (χ0n) is 19.8. The quantitative estimate of drug-likeness (QED) is 0.375. The van der Waals surface area contributed by atoms with Crippen molar-refractivity contribution in [2.45, 2.75) is 50.6 Å². The lowest BCUT2D eigenvalue weighted by Crippen LogP contribution is -2.45. The summed E-state index contributed by atoms with van der Waals surface area (Å²) in [4.78, 5) is 22.6. The van der Waals surface area contributed by atoms with Crippen LogP contribution in [-0.2, 0) is 0 Å². The van der Waals surface area contributed by atoms with E-state index in [1.54, 1.807) is 17.3 Å². The molecule has 1 amide bonds. The topological polar surface area (TPSA) is 112 Å².